The monoisotopic (exact) mass is 257 g/mol. The topological polar surface area (TPSA) is 55.7 Å². The van der Waals surface area contributed by atoms with E-state index in [9.17, 15) is 9.59 Å². The summed E-state index contributed by atoms with van der Waals surface area (Å²) in [4.78, 5) is 28.3. The van der Waals surface area contributed by atoms with Crippen LogP contribution in [-0.4, -0.2) is 24.1 Å². The van der Waals surface area contributed by atoms with Crippen molar-refractivity contribution < 1.29 is 14.3 Å². The highest BCUT2D eigenvalue weighted by Gasteiger charge is 2.33. The number of benzene rings is 1. The maximum Gasteiger partial charge on any atom is 0.343 e. The van der Waals surface area contributed by atoms with Crippen LogP contribution in [-0.2, 0) is 14.3 Å². The Balaban J connectivity index is 2.34. The summed E-state index contributed by atoms with van der Waals surface area (Å²) in [5.74, 6) is -1.35. The summed E-state index contributed by atoms with van der Waals surface area (Å²) in [5, 5.41) is 0. The van der Waals surface area contributed by atoms with Crippen molar-refractivity contribution in [1.82, 2.24) is 0 Å². The summed E-state index contributed by atoms with van der Waals surface area (Å²) in [6.07, 6.45) is 1.30. The van der Waals surface area contributed by atoms with Gasteiger partial charge in [-0.2, -0.15) is 0 Å². The van der Waals surface area contributed by atoms with Gasteiger partial charge in [0, 0.05) is 11.9 Å². The van der Waals surface area contributed by atoms with Crippen molar-refractivity contribution in [2.75, 3.05) is 6.61 Å². The molecule has 0 N–H and O–H groups in total. The predicted octanol–water partition coefficient (Wildman–Crippen LogP) is 2.26. The first-order valence-corrected chi connectivity index (χ1v) is 6.16. The molecule has 4 heteroatoms. The van der Waals surface area contributed by atoms with Crippen LogP contribution in [0.4, 0.5) is 0 Å². The van der Waals surface area contributed by atoms with Gasteiger partial charge in [-0.05, 0) is 19.4 Å². The first-order chi connectivity index (χ1) is 9.15. The molecular weight excluding hydrogens is 242 g/mol. The van der Waals surface area contributed by atoms with Crippen molar-refractivity contribution in [2.45, 2.75) is 19.8 Å². The van der Waals surface area contributed by atoms with E-state index in [-0.39, 0.29) is 18.0 Å². The average molecular weight is 257 g/mol. The number of esters is 1. The molecular formula is C15H15NO3. The van der Waals surface area contributed by atoms with Gasteiger partial charge in [-0.15, -0.1) is 0 Å². The Hall–Kier alpha value is -2.23. The van der Waals surface area contributed by atoms with E-state index in [0.29, 0.717) is 5.71 Å². The maximum absolute atomic E-state index is 12.4. The average Bonchev–Trinajstić information content (AvgIpc) is 2.40. The Kier molecular flexibility index (Phi) is 3.90. The summed E-state index contributed by atoms with van der Waals surface area (Å²) >= 11 is 0. The second kappa shape index (κ2) is 5.61. The van der Waals surface area contributed by atoms with E-state index in [1.165, 1.54) is 6.20 Å². The van der Waals surface area contributed by atoms with Gasteiger partial charge < -0.3 is 4.74 Å². The van der Waals surface area contributed by atoms with Gasteiger partial charge in [0.25, 0.3) is 0 Å². The lowest BCUT2D eigenvalue weighted by Gasteiger charge is -2.20. The molecule has 0 radical (unpaired) electrons. The van der Waals surface area contributed by atoms with E-state index < -0.39 is 11.9 Å². The Morgan fingerprint density at radius 1 is 1.32 bits per heavy atom. The molecule has 2 rings (SSSR count). The highest BCUT2D eigenvalue weighted by molar-refractivity contribution is 6.27. The summed E-state index contributed by atoms with van der Waals surface area (Å²) in [7, 11) is 0. The fraction of sp³-hybridized carbons (Fsp3) is 0.267. The van der Waals surface area contributed by atoms with Crippen LogP contribution in [0.2, 0.25) is 0 Å². The number of ether oxygens (including phenoxy) is 1. The minimum Gasteiger partial charge on any atom is -0.462 e. The minimum atomic E-state index is -0.607. The third-order valence-corrected chi connectivity index (χ3v) is 2.97. The standard InChI is InChI=1S/C15H15NO3/c1-3-19-15(18)12-9-16-10(2)13(14(12)17)11-7-5-4-6-8-11/h4-9,13H,3H2,1-2H3. The minimum absolute atomic E-state index is 0.0151. The number of nitrogens with zero attached hydrogens (tertiary/aromatic N) is 1. The van der Waals surface area contributed by atoms with Crippen molar-refractivity contribution in [1.29, 1.82) is 0 Å². The summed E-state index contributed by atoms with van der Waals surface area (Å²) < 4.78 is 4.87. The fourth-order valence-corrected chi connectivity index (χ4v) is 2.05. The number of carbonyl (C=O) groups excluding carboxylic acids is 2. The van der Waals surface area contributed by atoms with Gasteiger partial charge >= 0.3 is 5.97 Å². The lowest BCUT2D eigenvalue weighted by atomic mass is 9.86. The molecule has 1 aliphatic heterocycles. The number of Topliss-reactive ketones (excluding diaryl/α,β-unsaturated/α-hetero) is 1. The first-order valence-electron chi connectivity index (χ1n) is 6.16. The van der Waals surface area contributed by atoms with Crippen molar-refractivity contribution in [3.63, 3.8) is 0 Å². The van der Waals surface area contributed by atoms with Crippen LogP contribution in [0.5, 0.6) is 0 Å². The zero-order valence-electron chi connectivity index (χ0n) is 10.9. The molecule has 0 aliphatic carbocycles. The molecule has 0 spiro atoms. The zero-order chi connectivity index (χ0) is 13.8. The van der Waals surface area contributed by atoms with Gasteiger partial charge in [-0.3, -0.25) is 9.79 Å². The second-order valence-corrected chi connectivity index (χ2v) is 4.24. The number of aliphatic imine (C=N–C) groups is 1. The molecule has 1 aromatic carbocycles. The Morgan fingerprint density at radius 3 is 2.63 bits per heavy atom. The largest absolute Gasteiger partial charge is 0.462 e. The van der Waals surface area contributed by atoms with Crippen LogP contribution in [0.25, 0.3) is 0 Å². The van der Waals surface area contributed by atoms with Gasteiger partial charge in [0.05, 0.1) is 12.5 Å². The van der Waals surface area contributed by atoms with Crippen LogP contribution < -0.4 is 0 Å². The summed E-state index contributed by atoms with van der Waals surface area (Å²) in [6, 6.07) is 9.31. The lowest BCUT2D eigenvalue weighted by molar-refractivity contribution is -0.140. The highest BCUT2D eigenvalue weighted by Crippen LogP contribution is 2.26. The van der Waals surface area contributed by atoms with Gasteiger partial charge in [0.2, 0.25) is 0 Å². The van der Waals surface area contributed by atoms with E-state index in [4.69, 9.17) is 4.74 Å². The van der Waals surface area contributed by atoms with Crippen LogP contribution in [0, 0.1) is 0 Å². The summed E-state index contributed by atoms with van der Waals surface area (Å²) in [5.41, 5.74) is 1.54. The van der Waals surface area contributed by atoms with Gasteiger partial charge in [0.1, 0.15) is 5.57 Å². The normalized spacial score (nSPS) is 18.6. The van der Waals surface area contributed by atoms with Crippen molar-refractivity contribution in [3.8, 4) is 0 Å². The van der Waals surface area contributed by atoms with E-state index in [2.05, 4.69) is 4.99 Å². The molecule has 1 aliphatic rings. The van der Waals surface area contributed by atoms with Crippen LogP contribution in [0.3, 0.4) is 0 Å². The third kappa shape index (κ3) is 2.62. The van der Waals surface area contributed by atoms with E-state index in [0.717, 1.165) is 5.56 Å². The predicted molar refractivity (Wildman–Crippen MR) is 72.0 cm³/mol. The number of hydrogen-bond acceptors (Lipinski definition) is 4. The van der Waals surface area contributed by atoms with E-state index in [1.807, 2.05) is 30.3 Å². The van der Waals surface area contributed by atoms with Gasteiger partial charge in [-0.1, -0.05) is 30.3 Å². The molecule has 0 amide bonds. The van der Waals surface area contributed by atoms with Gasteiger partial charge in [-0.25, -0.2) is 4.79 Å². The van der Waals surface area contributed by atoms with Crippen LogP contribution in [0.15, 0.2) is 47.1 Å². The smallest absolute Gasteiger partial charge is 0.343 e. The Morgan fingerprint density at radius 2 is 2.00 bits per heavy atom. The molecule has 4 nitrogen and oxygen atoms in total. The first kappa shape index (κ1) is 13.2. The third-order valence-electron chi connectivity index (χ3n) is 2.97. The Bertz CT molecular complexity index is 558. The fourth-order valence-electron chi connectivity index (χ4n) is 2.05. The van der Waals surface area contributed by atoms with E-state index >= 15 is 0 Å². The number of rotatable bonds is 3. The van der Waals surface area contributed by atoms with Crippen LogP contribution >= 0.6 is 0 Å². The molecule has 0 aromatic heterocycles. The van der Waals surface area contributed by atoms with Gasteiger partial charge in [0.15, 0.2) is 5.78 Å². The molecule has 0 saturated heterocycles. The molecule has 0 fully saturated rings. The lowest BCUT2D eigenvalue weighted by Crippen LogP contribution is -2.28. The number of carbonyl (C=O) groups is 2. The molecule has 1 unspecified atom stereocenters. The molecule has 1 atom stereocenters. The molecule has 0 saturated carbocycles. The van der Waals surface area contributed by atoms with E-state index in [1.54, 1.807) is 13.8 Å². The molecule has 98 valence electrons. The Labute approximate surface area is 111 Å². The quantitative estimate of drug-likeness (QED) is 0.616. The molecule has 19 heavy (non-hydrogen) atoms. The highest BCUT2D eigenvalue weighted by atomic mass is 16.5. The molecule has 1 heterocycles. The summed E-state index contributed by atoms with van der Waals surface area (Å²) in [6.45, 7) is 3.73. The van der Waals surface area contributed by atoms with Crippen molar-refractivity contribution >= 4 is 17.5 Å². The molecule has 0 bridgehead atoms. The maximum atomic E-state index is 12.4. The number of ketones is 1. The molecule has 1 aromatic rings. The second-order valence-electron chi connectivity index (χ2n) is 4.24. The van der Waals surface area contributed by atoms with Crippen LogP contribution in [0.1, 0.15) is 25.3 Å². The van der Waals surface area contributed by atoms with Crippen molar-refractivity contribution in [3.05, 3.63) is 47.7 Å². The van der Waals surface area contributed by atoms with Crippen molar-refractivity contribution in [2.24, 2.45) is 4.99 Å². The zero-order valence-corrected chi connectivity index (χ0v) is 10.9. The number of hydrogen-bond donors (Lipinski definition) is 0. The SMILES string of the molecule is CCOC(=O)C1=CN=C(C)C(c2ccccc2)C1=O.